The third kappa shape index (κ3) is 3.40. The lowest BCUT2D eigenvalue weighted by molar-refractivity contribution is 0.0983. The number of fused-ring (bicyclic) bond motifs is 1. The molecule has 0 N–H and O–H groups in total. The minimum Gasteiger partial charge on any atom is -0.493 e. The molecule has 0 aliphatic carbocycles. The second-order valence-electron chi connectivity index (χ2n) is 5.09. The minimum absolute atomic E-state index is 0.130. The number of carbonyl (C=O) groups is 1. The smallest absolute Gasteiger partial charge is 0.163 e. The summed E-state index contributed by atoms with van der Waals surface area (Å²) in [5, 5.41) is 0.635. The van der Waals surface area contributed by atoms with Crippen molar-refractivity contribution in [1.29, 1.82) is 0 Å². The molecule has 0 amide bonds. The zero-order valence-electron chi connectivity index (χ0n) is 11.4. The van der Waals surface area contributed by atoms with Crippen molar-refractivity contribution in [2.24, 2.45) is 0 Å². The highest BCUT2D eigenvalue weighted by atomic mass is 127. The number of ketones is 1. The Labute approximate surface area is 142 Å². The molecule has 0 saturated heterocycles. The Hall–Kier alpha value is -1.07. The molecule has 3 rings (SSSR count). The molecule has 1 aliphatic rings. The fourth-order valence-corrected chi connectivity index (χ4v) is 2.98. The van der Waals surface area contributed by atoms with Crippen LogP contribution in [-0.4, -0.2) is 12.4 Å². The Bertz CT molecular complexity index is 697. The number of hydrogen-bond acceptors (Lipinski definition) is 2. The van der Waals surface area contributed by atoms with Crippen LogP contribution in [0.2, 0.25) is 5.02 Å². The quantitative estimate of drug-likeness (QED) is 0.538. The lowest BCUT2D eigenvalue weighted by atomic mass is 10.0. The zero-order chi connectivity index (χ0) is 14.8. The van der Waals surface area contributed by atoms with Gasteiger partial charge in [-0.1, -0.05) is 29.8 Å². The molecule has 4 heteroatoms. The van der Waals surface area contributed by atoms with E-state index in [9.17, 15) is 4.79 Å². The van der Waals surface area contributed by atoms with Crippen molar-refractivity contribution in [2.75, 3.05) is 6.61 Å². The van der Waals surface area contributed by atoms with Crippen LogP contribution in [0.3, 0.4) is 0 Å². The van der Waals surface area contributed by atoms with Crippen LogP contribution in [0.25, 0.3) is 0 Å². The molecular weight excluding hydrogens is 399 g/mol. The molecule has 0 saturated carbocycles. The summed E-state index contributed by atoms with van der Waals surface area (Å²) in [5.41, 5.74) is 3.12. The van der Waals surface area contributed by atoms with E-state index in [1.807, 2.05) is 24.3 Å². The van der Waals surface area contributed by atoms with Crippen LogP contribution >= 0.6 is 34.2 Å². The van der Waals surface area contributed by atoms with Gasteiger partial charge in [0.1, 0.15) is 5.75 Å². The molecule has 0 radical (unpaired) electrons. The van der Waals surface area contributed by atoms with E-state index in [1.165, 1.54) is 11.1 Å². The van der Waals surface area contributed by atoms with Crippen molar-refractivity contribution in [3.8, 4) is 5.75 Å². The van der Waals surface area contributed by atoms with Crippen molar-refractivity contribution < 1.29 is 9.53 Å². The number of aryl methyl sites for hydroxylation is 1. The molecule has 2 aromatic rings. The number of carbonyl (C=O) groups excluding carboxylic acids is 1. The molecule has 0 spiro atoms. The molecule has 0 atom stereocenters. The van der Waals surface area contributed by atoms with E-state index in [0.717, 1.165) is 28.8 Å². The number of ether oxygens (including phenoxy) is 1. The summed E-state index contributed by atoms with van der Waals surface area (Å²) in [6, 6.07) is 11.7. The summed E-state index contributed by atoms with van der Waals surface area (Å²) >= 11 is 8.22. The molecule has 0 aromatic heterocycles. The van der Waals surface area contributed by atoms with Gasteiger partial charge in [-0.05, 0) is 58.3 Å². The van der Waals surface area contributed by atoms with E-state index < -0.39 is 0 Å². The molecule has 2 aromatic carbocycles. The fraction of sp³-hybridized carbons (Fsp3) is 0.235. The minimum atomic E-state index is 0.130. The van der Waals surface area contributed by atoms with Gasteiger partial charge in [0.05, 0.1) is 11.6 Å². The maximum absolute atomic E-state index is 12.2. The first-order valence-electron chi connectivity index (χ1n) is 6.86. The Kier molecular flexibility index (Phi) is 4.50. The maximum atomic E-state index is 12.2. The number of Topliss-reactive ketones (excluding diaryl/α,β-unsaturated/α-hetero) is 1. The summed E-state index contributed by atoms with van der Waals surface area (Å²) < 4.78 is 6.45. The Balaban J connectivity index is 1.67. The molecule has 0 fully saturated rings. The maximum Gasteiger partial charge on any atom is 0.163 e. The second kappa shape index (κ2) is 6.36. The van der Waals surface area contributed by atoms with Gasteiger partial charge in [0.25, 0.3) is 0 Å². The average Bonchev–Trinajstić information content (AvgIpc) is 2.95. The summed E-state index contributed by atoms with van der Waals surface area (Å²) in [7, 11) is 0. The zero-order valence-corrected chi connectivity index (χ0v) is 14.3. The van der Waals surface area contributed by atoms with Crippen LogP contribution in [0.1, 0.15) is 27.9 Å². The van der Waals surface area contributed by atoms with Crippen LogP contribution in [0.5, 0.6) is 5.75 Å². The predicted molar refractivity (Wildman–Crippen MR) is 92.5 cm³/mol. The van der Waals surface area contributed by atoms with Crippen LogP contribution < -0.4 is 4.74 Å². The van der Waals surface area contributed by atoms with Crippen molar-refractivity contribution >= 4 is 40.0 Å². The second-order valence-corrected chi connectivity index (χ2v) is 6.66. The number of rotatable bonds is 4. The Morgan fingerprint density at radius 1 is 1.24 bits per heavy atom. The molecule has 2 nitrogen and oxygen atoms in total. The molecule has 1 aliphatic heterocycles. The summed E-state index contributed by atoms with van der Waals surface area (Å²) in [6.45, 7) is 0.763. The van der Waals surface area contributed by atoms with Gasteiger partial charge in [0.2, 0.25) is 0 Å². The lowest BCUT2D eigenvalue weighted by Gasteiger charge is -2.05. The largest absolute Gasteiger partial charge is 0.493 e. The Morgan fingerprint density at radius 3 is 2.90 bits per heavy atom. The van der Waals surface area contributed by atoms with E-state index in [1.54, 1.807) is 6.07 Å². The third-order valence-electron chi connectivity index (χ3n) is 3.64. The van der Waals surface area contributed by atoms with Crippen molar-refractivity contribution in [3.05, 3.63) is 61.7 Å². The Morgan fingerprint density at radius 2 is 2.10 bits per heavy atom. The van der Waals surface area contributed by atoms with Crippen molar-refractivity contribution in [3.63, 3.8) is 0 Å². The molecule has 0 unspecified atom stereocenters. The first-order chi connectivity index (χ1) is 10.1. The highest BCUT2D eigenvalue weighted by Gasteiger charge is 2.13. The fourth-order valence-electron chi connectivity index (χ4n) is 2.47. The topological polar surface area (TPSA) is 26.3 Å². The summed E-state index contributed by atoms with van der Waals surface area (Å²) in [4.78, 5) is 12.2. The van der Waals surface area contributed by atoms with E-state index in [4.69, 9.17) is 16.3 Å². The van der Waals surface area contributed by atoms with Gasteiger partial charge >= 0.3 is 0 Å². The molecule has 1 heterocycles. The lowest BCUT2D eigenvalue weighted by Crippen LogP contribution is -2.01. The monoisotopic (exact) mass is 412 g/mol. The van der Waals surface area contributed by atoms with E-state index in [0.29, 0.717) is 17.0 Å². The molecule has 108 valence electrons. The van der Waals surface area contributed by atoms with Crippen LogP contribution in [0.4, 0.5) is 0 Å². The first-order valence-corrected chi connectivity index (χ1v) is 8.32. The standard InChI is InChI=1S/C17H14ClIO2/c18-14-10-12(3-4-15(14)19)16(20)5-1-11-2-6-17-13(9-11)7-8-21-17/h2-4,6,9-10H,1,5,7-8H2. The van der Waals surface area contributed by atoms with Gasteiger partial charge in [-0.15, -0.1) is 0 Å². The van der Waals surface area contributed by atoms with Crippen molar-refractivity contribution in [2.45, 2.75) is 19.3 Å². The van der Waals surface area contributed by atoms with E-state index in [-0.39, 0.29) is 5.78 Å². The number of benzene rings is 2. The van der Waals surface area contributed by atoms with Crippen LogP contribution in [0, 0.1) is 3.57 Å². The van der Waals surface area contributed by atoms with Gasteiger partial charge in [-0.25, -0.2) is 0 Å². The van der Waals surface area contributed by atoms with Crippen LogP contribution in [0.15, 0.2) is 36.4 Å². The normalized spacial score (nSPS) is 12.9. The average molecular weight is 413 g/mol. The van der Waals surface area contributed by atoms with E-state index >= 15 is 0 Å². The van der Waals surface area contributed by atoms with Crippen molar-refractivity contribution in [1.82, 2.24) is 0 Å². The van der Waals surface area contributed by atoms with Gasteiger partial charge in [-0.3, -0.25) is 4.79 Å². The highest BCUT2D eigenvalue weighted by Crippen LogP contribution is 2.26. The number of hydrogen-bond donors (Lipinski definition) is 0. The SMILES string of the molecule is O=C(CCc1ccc2c(c1)CCO2)c1ccc(I)c(Cl)c1. The first kappa shape index (κ1) is 14.9. The van der Waals surface area contributed by atoms with E-state index in [2.05, 4.69) is 28.7 Å². The molecule has 0 bridgehead atoms. The molecule has 21 heavy (non-hydrogen) atoms. The summed E-state index contributed by atoms with van der Waals surface area (Å²) in [6.07, 6.45) is 2.20. The van der Waals surface area contributed by atoms with Gasteiger partial charge < -0.3 is 4.74 Å². The van der Waals surface area contributed by atoms with Gasteiger partial charge in [0.15, 0.2) is 5.78 Å². The van der Waals surface area contributed by atoms with Crippen LogP contribution in [-0.2, 0) is 12.8 Å². The molecular formula is C17H14ClIO2. The summed E-state index contributed by atoms with van der Waals surface area (Å²) in [5.74, 6) is 1.11. The van der Waals surface area contributed by atoms with Gasteiger partial charge in [0, 0.05) is 22.0 Å². The highest BCUT2D eigenvalue weighted by molar-refractivity contribution is 14.1. The number of halogens is 2. The third-order valence-corrected chi connectivity index (χ3v) is 5.21. The van der Waals surface area contributed by atoms with Gasteiger partial charge in [-0.2, -0.15) is 0 Å². The predicted octanol–water partition coefficient (Wildman–Crippen LogP) is 4.70.